The van der Waals surface area contributed by atoms with E-state index in [-0.39, 0.29) is 6.10 Å². The van der Waals surface area contributed by atoms with Gasteiger partial charge in [0.05, 0.1) is 17.6 Å². The van der Waals surface area contributed by atoms with Crippen LogP contribution in [-0.4, -0.2) is 52.2 Å². The minimum Gasteiger partial charge on any atom is -0.374 e. The molecule has 130 valence electrons. The number of rotatable bonds is 6. The molecule has 2 rings (SSSR count). The van der Waals surface area contributed by atoms with Crippen molar-refractivity contribution in [3.05, 3.63) is 29.3 Å². The summed E-state index contributed by atoms with van der Waals surface area (Å²) in [7, 11) is -3.49. The van der Waals surface area contributed by atoms with E-state index in [0.717, 1.165) is 30.8 Å². The van der Waals surface area contributed by atoms with Gasteiger partial charge in [0, 0.05) is 26.2 Å². The largest absolute Gasteiger partial charge is 0.374 e. The van der Waals surface area contributed by atoms with Gasteiger partial charge in [-0.05, 0) is 43.0 Å². The molecule has 1 aliphatic rings. The van der Waals surface area contributed by atoms with E-state index in [1.54, 1.807) is 12.1 Å². The molecule has 1 aromatic rings. The summed E-state index contributed by atoms with van der Waals surface area (Å²) in [5, 5.41) is 0. The van der Waals surface area contributed by atoms with Crippen molar-refractivity contribution in [3.63, 3.8) is 0 Å². The predicted octanol–water partition coefficient (Wildman–Crippen LogP) is 1.94. The molecular weight excluding hydrogens is 312 g/mol. The lowest BCUT2D eigenvalue weighted by atomic mass is 10.1. The van der Waals surface area contributed by atoms with Crippen molar-refractivity contribution in [3.8, 4) is 0 Å². The first-order valence-electron chi connectivity index (χ1n) is 8.19. The van der Waals surface area contributed by atoms with Crippen LogP contribution in [0.25, 0.3) is 0 Å². The van der Waals surface area contributed by atoms with Gasteiger partial charge in [-0.2, -0.15) is 0 Å². The number of ether oxygens (including phenoxy) is 1. The Hall–Kier alpha value is -0.950. The van der Waals surface area contributed by atoms with Crippen molar-refractivity contribution in [2.24, 2.45) is 5.92 Å². The summed E-state index contributed by atoms with van der Waals surface area (Å²) in [5.41, 5.74) is 2.06. The number of nitrogens with zero attached hydrogens (tertiary/aromatic N) is 1. The van der Waals surface area contributed by atoms with Crippen LogP contribution in [0.2, 0.25) is 0 Å². The lowest BCUT2D eigenvalue weighted by Crippen LogP contribution is -2.48. The van der Waals surface area contributed by atoms with E-state index in [1.807, 2.05) is 19.9 Å². The highest BCUT2D eigenvalue weighted by Crippen LogP contribution is 2.15. The number of hydrogen-bond acceptors (Lipinski definition) is 4. The molecule has 0 amide bonds. The van der Waals surface area contributed by atoms with Gasteiger partial charge < -0.3 is 4.74 Å². The van der Waals surface area contributed by atoms with Crippen LogP contribution >= 0.6 is 0 Å². The molecule has 1 saturated heterocycles. The van der Waals surface area contributed by atoms with E-state index >= 15 is 0 Å². The molecular formula is C17H28N2O3S. The van der Waals surface area contributed by atoms with Crippen molar-refractivity contribution in [1.29, 1.82) is 0 Å². The van der Waals surface area contributed by atoms with Crippen molar-refractivity contribution in [2.45, 2.75) is 38.7 Å². The summed E-state index contributed by atoms with van der Waals surface area (Å²) in [6.07, 6.45) is -0.0937. The number of benzene rings is 1. The highest BCUT2D eigenvalue weighted by molar-refractivity contribution is 7.89. The SMILES string of the molecule is Cc1ccc(S(=O)(=O)NCC2CN(CC(C)C)CCO2)cc1C. The van der Waals surface area contributed by atoms with Crippen LogP contribution in [0.5, 0.6) is 0 Å². The smallest absolute Gasteiger partial charge is 0.240 e. The number of morpholine rings is 1. The van der Waals surface area contributed by atoms with Gasteiger partial charge >= 0.3 is 0 Å². The first-order chi connectivity index (χ1) is 10.8. The molecule has 6 heteroatoms. The van der Waals surface area contributed by atoms with Gasteiger partial charge in [0.2, 0.25) is 10.0 Å². The summed E-state index contributed by atoms with van der Waals surface area (Å²) in [6.45, 7) is 11.9. The van der Waals surface area contributed by atoms with Gasteiger partial charge in [-0.25, -0.2) is 13.1 Å². The molecule has 0 aromatic heterocycles. The van der Waals surface area contributed by atoms with Crippen LogP contribution in [0, 0.1) is 19.8 Å². The molecule has 0 aliphatic carbocycles. The topological polar surface area (TPSA) is 58.6 Å². The maximum Gasteiger partial charge on any atom is 0.240 e. The van der Waals surface area contributed by atoms with E-state index in [2.05, 4.69) is 23.5 Å². The second-order valence-corrected chi connectivity index (χ2v) is 8.51. The summed E-state index contributed by atoms with van der Waals surface area (Å²) in [6, 6.07) is 5.20. The van der Waals surface area contributed by atoms with E-state index in [0.29, 0.717) is 24.0 Å². The van der Waals surface area contributed by atoms with Crippen LogP contribution in [0.1, 0.15) is 25.0 Å². The van der Waals surface area contributed by atoms with Gasteiger partial charge in [-0.15, -0.1) is 0 Å². The second kappa shape index (κ2) is 7.75. The Morgan fingerprint density at radius 2 is 2.04 bits per heavy atom. The third-order valence-electron chi connectivity index (χ3n) is 4.14. The molecule has 0 radical (unpaired) electrons. The average Bonchev–Trinajstić information content (AvgIpc) is 2.48. The zero-order valence-corrected chi connectivity index (χ0v) is 15.3. The van der Waals surface area contributed by atoms with E-state index < -0.39 is 10.0 Å². The lowest BCUT2D eigenvalue weighted by Gasteiger charge is -2.33. The Labute approximate surface area is 140 Å². The third-order valence-corrected chi connectivity index (χ3v) is 5.56. The maximum atomic E-state index is 12.4. The molecule has 0 spiro atoms. The second-order valence-electron chi connectivity index (χ2n) is 6.74. The first kappa shape index (κ1) is 18.4. The Bertz CT molecular complexity index is 629. The fourth-order valence-electron chi connectivity index (χ4n) is 2.75. The Morgan fingerprint density at radius 3 is 2.70 bits per heavy atom. The van der Waals surface area contributed by atoms with Crippen LogP contribution in [0.4, 0.5) is 0 Å². The molecule has 1 unspecified atom stereocenters. The highest BCUT2D eigenvalue weighted by atomic mass is 32.2. The minimum absolute atomic E-state index is 0.0937. The number of sulfonamides is 1. The molecule has 1 heterocycles. The van der Waals surface area contributed by atoms with Gasteiger partial charge in [-0.1, -0.05) is 19.9 Å². The Kier molecular flexibility index (Phi) is 6.19. The van der Waals surface area contributed by atoms with E-state index in [4.69, 9.17) is 4.74 Å². The monoisotopic (exact) mass is 340 g/mol. The molecule has 1 N–H and O–H groups in total. The molecule has 23 heavy (non-hydrogen) atoms. The molecule has 1 fully saturated rings. The first-order valence-corrected chi connectivity index (χ1v) is 9.67. The average molecular weight is 340 g/mol. The Balaban J connectivity index is 1.94. The van der Waals surface area contributed by atoms with Gasteiger partial charge in [-0.3, -0.25) is 4.90 Å². The Morgan fingerprint density at radius 1 is 1.30 bits per heavy atom. The predicted molar refractivity (Wildman–Crippen MR) is 92.1 cm³/mol. The summed E-state index contributed by atoms with van der Waals surface area (Å²) >= 11 is 0. The molecule has 1 aliphatic heterocycles. The van der Waals surface area contributed by atoms with Gasteiger partial charge in [0.15, 0.2) is 0 Å². The zero-order valence-electron chi connectivity index (χ0n) is 14.5. The standard InChI is InChI=1S/C17H28N2O3S/c1-13(2)11-19-7-8-22-16(12-19)10-18-23(20,21)17-6-5-14(3)15(4)9-17/h5-6,9,13,16,18H,7-8,10-12H2,1-4H3. The quantitative estimate of drug-likeness (QED) is 0.860. The third kappa shape index (κ3) is 5.28. The summed E-state index contributed by atoms with van der Waals surface area (Å²) < 4.78 is 33.2. The fraction of sp³-hybridized carbons (Fsp3) is 0.647. The number of aryl methyl sites for hydroxylation is 2. The fourth-order valence-corrected chi connectivity index (χ4v) is 3.90. The number of hydrogen-bond donors (Lipinski definition) is 1. The maximum absolute atomic E-state index is 12.4. The van der Waals surface area contributed by atoms with Crippen molar-refractivity contribution in [2.75, 3.05) is 32.8 Å². The normalized spacial score (nSPS) is 20.1. The van der Waals surface area contributed by atoms with Crippen LogP contribution in [-0.2, 0) is 14.8 Å². The lowest BCUT2D eigenvalue weighted by molar-refractivity contribution is -0.0280. The van der Waals surface area contributed by atoms with Crippen LogP contribution < -0.4 is 4.72 Å². The van der Waals surface area contributed by atoms with Crippen molar-refractivity contribution < 1.29 is 13.2 Å². The summed E-state index contributed by atoms with van der Waals surface area (Å²) in [4.78, 5) is 2.65. The van der Waals surface area contributed by atoms with Gasteiger partial charge in [0.25, 0.3) is 0 Å². The molecule has 1 atom stereocenters. The van der Waals surface area contributed by atoms with Crippen molar-refractivity contribution in [1.82, 2.24) is 9.62 Å². The van der Waals surface area contributed by atoms with Crippen molar-refractivity contribution >= 4 is 10.0 Å². The zero-order chi connectivity index (χ0) is 17.0. The summed E-state index contributed by atoms with van der Waals surface area (Å²) in [5.74, 6) is 0.598. The van der Waals surface area contributed by atoms with E-state index in [9.17, 15) is 8.42 Å². The molecule has 5 nitrogen and oxygen atoms in total. The van der Waals surface area contributed by atoms with Crippen LogP contribution in [0.3, 0.4) is 0 Å². The highest BCUT2D eigenvalue weighted by Gasteiger charge is 2.23. The number of nitrogens with one attached hydrogen (secondary N) is 1. The molecule has 0 saturated carbocycles. The van der Waals surface area contributed by atoms with Gasteiger partial charge in [0.1, 0.15) is 0 Å². The van der Waals surface area contributed by atoms with E-state index in [1.165, 1.54) is 0 Å². The molecule has 1 aromatic carbocycles. The molecule has 0 bridgehead atoms. The minimum atomic E-state index is -3.49. The van der Waals surface area contributed by atoms with Crippen LogP contribution in [0.15, 0.2) is 23.1 Å².